The number of nitrogens with one attached hydrogen (secondary N) is 1. The molecule has 1 aliphatic heterocycles. The van der Waals surface area contributed by atoms with Crippen LogP contribution in [0.5, 0.6) is 0 Å². The Morgan fingerprint density at radius 2 is 1.71 bits per heavy atom. The fourth-order valence-corrected chi connectivity index (χ4v) is 3.23. The van der Waals surface area contributed by atoms with Crippen molar-refractivity contribution in [2.75, 3.05) is 19.6 Å². The van der Waals surface area contributed by atoms with Gasteiger partial charge in [0, 0.05) is 25.6 Å². The summed E-state index contributed by atoms with van der Waals surface area (Å²) in [6, 6.07) is 0.146. The van der Waals surface area contributed by atoms with Gasteiger partial charge in [-0.25, -0.2) is 0 Å². The minimum Gasteiger partial charge on any atom is -0.347 e. The third-order valence-corrected chi connectivity index (χ3v) is 4.56. The standard InChI is InChI=1S/C15H27N3O2.ClH/c16-13-7-3-2-6-12(13)10-14(19)17-11-15(20)18-8-4-1-5-9-18;/h12-13H,1-11,16H2,(H,17,19);1H. The predicted molar refractivity (Wildman–Crippen MR) is 85.2 cm³/mol. The molecule has 0 aromatic rings. The Kier molecular flexibility index (Phi) is 8.04. The Hall–Kier alpha value is -0.810. The highest BCUT2D eigenvalue weighted by Crippen LogP contribution is 2.25. The second-order valence-electron chi connectivity index (χ2n) is 6.13. The molecule has 3 N–H and O–H groups in total. The summed E-state index contributed by atoms with van der Waals surface area (Å²) in [5.74, 6) is 0.303. The topological polar surface area (TPSA) is 75.4 Å². The lowest BCUT2D eigenvalue weighted by Gasteiger charge is -2.28. The van der Waals surface area contributed by atoms with E-state index in [1.54, 1.807) is 0 Å². The van der Waals surface area contributed by atoms with Crippen LogP contribution in [0, 0.1) is 5.92 Å². The number of rotatable bonds is 4. The molecule has 1 heterocycles. The van der Waals surface area contributed by atoms with Crippen LogP contribution in [0.25, 0.3) is 0 Å². The molecule has 0 spiro atoms. The van der Waals surface area contributed by atoms with Crippen LogP contribution in [-0.2, 0) is 9.59 Å². The Bertz CT molecular complexity index is 346. The molecule has 1 saturated heterocycles. The fourth-order valence-electron chi connectivity index (χ4n) is 3.23. The molecular formula is C15H28ClN3O2. The van der Waals surface area contributed by atoms with Gasteiger partial charge in [-0.15, -0.1) is 12.4 Å². The first-order valence-corrected chi connectivity index (χ1v) is 7.97. The number of hydrogen-bond donors (Lipinski definition) is 2. The summed E-state index contributed by atoms with van der Waals surface area (Å²) in [5, 5.41) is 2.76. The lowest BCUT2D eigenvalue weighted by atomic mass is 9.83. The molecule has 0 radical (unpaired) electrons. The van der Waals surface area contributed by atoms with Crippen molar-refractivity contribution < 1.29 is 9.59 Å². The first-order valence-electron chi connectivity index (χ1n) is 7.97. The van der Waals surface area contributed by atoms with Crippen molar-refractivity contribution in [2.45, 2.75) is 57.4 Å². The number of amides is 2. The van der Waals surface area contributed by atoms with E-state index in [0.29, 0.717) is 6.42 Å². The zero-order valence-corrected chi connectivity index (χ0v) is 13.5. The Morgan fingerprint density at radius 3 is 2.38 bits per heavy atom. The number of carbonyl (C=O) groups excluding carboxylic acids is 2. The number of halogens is 1. The SMILES string of the molecule is Cl.NC1CCCCC1CC(=O)NCC(=O)N1CCCCC1. The number of likely N-dealkylation sites (tertiary alicyclic amines) is 1. The third kappa shape index (κ3) is 5.83. The van der Waals surface area contributed by atoms with Crippen LogP contribution >= 0.6 is 12.4 Å². The monoisotopic (exact) mass is 317 g/mol. The van der Waals surface area contributed by atoms with Gasteiger partial charge in [0.05, 0.1) is 6.54 Å². The Morgan fingerprint density at radius 1 is 1.05 bits per heavy atom. The quantitative estimate of drug-likeness (QED) is 0.824. The van der Waals surface area contributed by atoms with Crippen molar-refractivity contribution in [1.29, 1.82) is 0 Å². The van der Waals surface area contributed by atoms with Crippen molar-refractivity contribution in [3.63, 3.8) is 0 Å². The zero-order chi connectivity index (χ0) is 14.4. The lowest BCUT2D eigenvalue weighted by molar-refractivity contribution is -0.133. The van der Waals surface area contributed by atoms with Gasteiger partial charge >= 0.3 is 0 Å². The van der Waals surface area contributed by atoms with Crippen LogP contribution in [0.2, 0.25) is 0 Å². The van der Waals surface area contributed by atoms with Crippen LogP contribution in [-0.4, -0.2) is 42.4 Å². The van der Waals surface area contributed by atoms with E-state index in [4.69, 9.17) is 5.73 Å². The van der Waals surface area contributed by atoms with Crippen LogP contribution in [0.1, 0.15) is 51.4 Å². The molecule has 2 atom stereocenters. The Labute approximate surface area is 133 Å². The van der Waals surface area contributed by atoms with E-state index < -0.39 is 0 Å². The average Bonchev–Trinajstić information content (AvgIpc) is 2.48. The molecule has 6 heteroatoms. The van der Waals surface area contributed by atoms with Gasteiger partial charge in [0.15, 0.2) is 0 Å². The van der Waals surface area contributed by atoms with Gasteiger partial charge in [-0.1, -0.05) is 12.8 Å². The highest BCUT2D eigenvalue weighted by molar-refractivity contribution is 5.85. The molecule has 2 aliphatic rings. The maximum absolute atomic E-state index is 11.9. The van der Waals surface area contributed by atoms with Crippen LogP contribution < -0.4 is 11.1 Å². The normalized spacial score (nSPS) is 25.9. The van der Waals surface area contributed by atoms with Crippen molar-refractivity contribution in [3.8, 4) is 0 Å². The van der Waals surface area contributed by atoms with Crippen molar-refractivity contribution in [2.24, 2.45) is 11.7 Å². The number of nitrogens with two attached hydrogens (primary N) is 1. The molecule has 1 saturated carbocycles. The number of nitrogens with zero attached hydrogens (tertiary/aromatic N) is 1. The van der Waals surface area contributed by atoms with E-state index in [1.165, 1.54) is 19.3 Å². The van der Waals surface area contributed by atoms with Crippen LogP contribution in [0.4, 0.5) is 0 Å². The molecule has 2 unspecified atom stereocenters. The van der Waals surface area contributed by atoms with E-state index in [9.17, 15) is 9.59 Å². The minimum atomic E-state index is -0.0299. The molecule has 122 valence electrons. The molecule has 0 aromatic carbocycles. The second-order valence-corrected chi connectivity index (χ2v) is 6.13. The van der Waals surface area contributed by atoms with Gasteiger partial charge in [0.2, 0.25) is 11.8 Å². The molecule has 2 amide bonds. The van der Waals surface area contributed by atoms with E-state index in [1.807, 2.05) is 4.90 Å². The second kappa shape index (κ2) is 9.26. The van der Waals surface area contributed by atoms with Gasteiger partial charge < -0.3 is 16.0 Å². The fraction of sp³-hybridized carbons (Fsp3) is 0.867. The van der Waals surface area contributed by atoms with Gasteiger partial charge in [-0.3, -0.25) is 9.59 Å². The van der Waals surface area contributed by atoms with E-state index in [0.717, 1.165) is 38.8 Å². The smallest absolute Gasteiger partial charge is 0.241 e. The molecule has 0 bridgehead atoms. The largest absolute Gasteiger partial charge is 0.347 e. The van der Waals surface area contributed by atoms with Gasteiger partial charge in [0.25, 0.3) is 0 Å². The maximum atomic E-state index is 11.9. The molecule has 5 nitrogen and oxygen atoms in total. The first-order chi connectivity index (χ1) is 9.66. The first kappa shape index (κ1) is 18.2. The molecule has 21 heavy (non-hydrogen) atoms. The summed E-state index contributed by atoms with van der Waals surface area (Å²) in [4.78, 5) is 25.7. The molecule has 2 rings (SSSR count). The summed E-state index contributed by atoms with van der Waals surface area (Å²) < 4.78 is 0. The molecule has 0 aromatic heterocycles. The number of piperidine rings is 1. The summed E-state index contributed by atoms with van der Waals surface area (Å²) >= 11 is 0. The van der Waals surface area contributed by atoms with Crippen molar-refractivity contribution in [3.05, 3.63) is 0 Å². The maximum Gasteiger partial charge on any atom is 0.241 e. The number of carbonyl (C=O) groups is 2. The molecule has 2 fully saturated rings. The summed E-state index contributed by atoms with van der Waals surface area (Å²) in [6.45, 7) is 1.81. The number of hydrogen-bond acceptors (Lipinski definition) is 3. The van der Waals surface area contributed by atoms with Crippen LogP contribution in [0.15, 0.2) is 0 Å². The van der Waals surface area contributed by atoms with Crippen molar-refractivity contribution in [1.82, 2.24) is 10.2 Å². The Balaban J connectivity index is 0.00000220. The van der Waals surface area contributed by atoms with Crippen LogP contribution in [0.3, 0.4) is 0 Å². The average molecular weight is 318 g/mol. The van der Waals surface area contributed by atoms with Crippen molar-refractivity contribution >= 4 is 24.2 Å². The predicted octanol–water partition coefficient (Wildman–Crippen LogP) is 1.44. The molecular weight excluding hydrogens is 290 g/mol. The zero-order valence-electron chi connectivity index (χ0n) is 12.7. The summed E-state index contributed by atoms with van der Waals surface area (Å²) in [6.07, 6.45) is 8.22. The van der Waals surface area contributed by atoms with E-state index >= 15 is 0 Å². The highest BCUT2D eigenvalue weighted by atomic mass is 35.5. The highest BCUT2D eigenvalue weighted by Gasteiger charge is 2.24. The lowest BCUT2D eigenvalue weighted by Crippen LogP contribution is -2.43. The van der Waals surface area contributed by atoms with E-state index in [2.05, 4.69) is 5.32 Å². The van der Waals surface area contributed by atoms with E-state index in [-0.39, 0.29) is 42.7 Å². The summed E-state index contributed by atoms with van der Waals surface area (Å²) in [5.41, 5.74) is 6.04. The molecule has 1 aliphatic carbocycles. The van der Waals surface area contributed by atoms with Gasteiger partial charge in [-0.2, -0.15) is 0 Å². The minimum absolute atomic E-state index is 0. The van der Waals surface area contributed by atoms with Gasteiger partial charge in [-0.05, 0) is 38.0 Å². The third-order valence-electron chi connectivity index (χ3n) is 4.56. The summed E-state index contributed by atoms with van der Waals surface area (Å²) in [7, 11) is 0. The van der Waals surface area contributed by atoms with Gasteiger partial charge in [0.1, 0.15) is 0 Å².